The topological polar surface area (TPSA) is 80.8 Å². The van der Waals surface area contributed by atoms with E-state index in [0.717, 1.165) is 31.2 Å². The van der Waals surface area contributed by atoms with E-state index < -0.39 is 15.8 Å². The van der Waals surface area contributed by atoms with Crippen LogP contribution in [-0.4, -0.2) is 55.9 Å². The fourth-order valence-corrected chi connectivity index (χ4v) is 5.65. The molecular weight excluding hydrogens is 366 g/mol. The van der Waals surface area contributed by atoms with Gasteiger partial charge >= 0.3 is 5.97 Å². The Morgan fingerprint density at radius 2 is 1.74 bits per heavy atom. The molecule has 27 heavy (non-hydrogen) atoms. The molecule has 1 aliphatic heterocycles. The molecule has 1 heterocycles. The Labute approximate surface area is 160 Å². The maximum absolute atomic E-state index is 12.9. The van der Waals surface area contributed by atoms with Crippen molar-refractivity contribution >= 4 is 27.8 Å². The molecule has 7 heteroatoms. The normalized spacial score (nSPS) is 22.2. The summed E-state index contributed by atoms with van der Waals surface area (Å²) in [5.41, 5.74) is 1.24. The zero-order chi connectivity index (χ0) is 19.4. The monoisotopic (exact) mass is 391 g/mol. The first-order valence-electron chi connectivity index (χ1n) is 9.29. The predicted octanol–water partition coefficient (Wildman–Crippen LogP) is 2.44. The van der Waals surface area contributed by atoms with Crippen LogP contribution >= 0.6 is 0 Å². The number of hydrogen-bond donors (Lipinski definition) is 0. The van der Waals surface area contributed by atoms with Crippen LogP contribution in [0, 0.1) is 0 Å². The van der Waals surface area contributed by atoms with Gasteiger partial charge in [0.25, 0.3) is 0 Å². The van der Waals surface area contributed by atoms with Crippen LogP contribution in [0.5, 0.6) is 0 Å². The van der Waals surface area contributed by atoms with E-state index in [0.29, 0.717) is 12.0 Å². The molecule has 0 bridgehead atoms. The van der Waals surface area contributed by atoms with Crippen molar-refractivity contribution in [1.29, 1.82) is 0 Å². The summed E-state index contributed by atoms with van der Waals surface area (Å²) in [6.45, 7) is 0. The van der Waals surface area contributed by atoms with Gasteiger partial charge < -0.3 is 9.64 Å². The molecule has 3 rings (SSSR count). The highest BCUT2D eigenvalue weighted by atomic mass is 32.2. The fraction of sp³-hybridized carbons (Fsp3) is 0.500. The Bertz CT molecular complexity index is 822. The molecule has 1 saturated carbocycles. The summed E-state index contributed by atoms with van der Waals surface area (Å²) in [4.78, 5) is 26.2. The highest BCUT2D eigenvalue weighted by Crippen LogP contribution is 2.29. The van der Waals surface area contributed by atoms with Gasteiger partial charge in [0, 0.05) is 18.2 Å². The molecule has 6 nitrogen and oxygen atoms in total. The number of nitrogens with zero attached hydrogens (tertiary/aromatic N) is 1. The van der Waals surface area contributed by atoms with Crippen molar-refractivity contribution in [3.63, 3.8) is 0 Å². The maximum Gasteiger partial charge on any atom is 0.337 e. The summed E-state index contributed by atoms with van der Waals surface area (Å²) < 4.78 is 28.4. The highest BCUT2D eigenvalue weighted by molar-refractivity contribution is 7.91. The number of amides is 1. The number of methoxy groups -OCH3 is 1. The molecule has 1 atom stereocenters. The predicted molar refractivity (Wildman–Crippen MR) is 103 cm³/mol. The minimum absolute atomic E-state index is 0.0664. The minimum Gasteiger partial charge on any atom is -0.465 e. The van der Waals surface area contributed by atoms with E-state index in [9.17, 15) is 18.0 Å². The number of esters is 1. The van der Waals surface area contributed by atoms with E-state index in [1.54, 1.807) is 35.2 Å². The molecule has 0 aromatic heterocycles. The third kappa shape index (κ3) is 4.77. The average molecular weight is 391 g/mol. The van der Waals surface area contributed by atoms with Crippen molar-refractivity contribution in [2.24, 2.45) is 0 Å². The summed E-state index contributed by atoms with van der Waals surface area (Å²) in [5, 5.41) is 0. The van der Waals surface area contributed by atoms with Crippen LogP contribution in [0.4, 0.5) is 0 Å². The molecule has 1 amide bonds. The average Bonchev–Trinajstić information content (AvgIpc) is 3.30. The number of carbonyl (C=O) groups is 2. The largest absolute Gasteiger partial charge is 0.465 e. The number of ether oxygens (including phenoxy) is 1. The van der Waals surface area contributed by atoms with Gasteiger partial charge in [-0.05, 0) is 43.0 Å². The van der Waals surface area contributed by atoms with Crippen LogP contribution in [0.3, 0.4) is 0 Å². The number of rotatable bonds is 5. The van der Waals surface area contributed by atoms with E-state index >= 15 is 0 Å². The smallest absolute Gasteiger partial charge is 0.337 e. The van der Waals surface area contributed by atoms with Gasteiger partial charge in [0.05, 0.1) is 24.2 Å². The van der Waals surface area contributed by atoms with Crippen LogP contribution in [-0.2, 0) is 19.4 Å². The van der Waals surface area contributed by atoms with Gasteiger partial charge in [0.2, 0.25) is 5.91 Å². The second-order valence-electron chi connectivity index (χ2n) is 7.19. The fourth-order valence-electron chi connectivity index (χ4n) is 3.94. The summed E-state index contributed by atoms with van der Waals surface area (Å²) >= 11 is 0. The van der Waals surface area contributed by atoms with E-state index in [1.165, 1.54) is 13.2 Å². The van der Waals surface area contributed by atoms with Crippen molar-refractivity contribution in [3.05, 3.63) is 41.5 Å². The van der Waals surface area contributed by atoms with Crippen molar-refractivity contribution in [3.8, 4) is 0 Å². The van der Waals surface area contributed by atoms with Crippen molar-refractivity contribution in [1.82, 2.24) is 4.90 Å². The molecular formula is C20H25NO5S. The Kier molecular flexibility index (Phi) is 5.99. The molecule has 146 valence electrons. The van der Waals surface area contributed by atoms with E-state index in [4.69, 9.17) is 0 Å². The third-order valence-electron chi connectivity index (χ3n) is 5.32. The third-order valence-corrected chi connectivity index (χ3v) is 7.07. The summed E-state index contributed by atoms with van der Waals surface area (Å²) in [7, 11) is -1.72. The van der Waals surface area contributed by atoms with Crippen LogP contribution in [0.15, 0.2) is 30.3 Å². The zero-order valence-electron chi connectivity index (χ0n) is 15.5. The number of sulfone groups is 1. The van der Waals surface area contributed by atoms with Crippen LogP contribution in [0.2, 0.25) is 0 Å². The minimum atomic E-state index is -3.05. The first kappa shape index (κ1) is 19.6. The van der Waals surface area contributed by atoms with Crippen LogP contribution < -0.4 is 0 Å². The summed E-state index contributed by atoms with van der Waals surface area (Å²) in [5.74, 6) is -0.318. The quantitative estimate of drug-likeness (QED) is 0.569. The molecule has 0 radical (unpaired) electrons. The lowest BCUT2D eigenvalue weighted by Crippen LogP contribution is -2.46. The molecule has 0 spiro atoms. The van der Waals surface area contributed by atoms with Gasteiger partial charge in [-0.1, -0.05) is 25.0 Å². The molecule has 1 aliphatic carbocycles. The van der Waals surface area contributed by atoms with Crippen molar-refractivity contribution in [2.75, 3.05) is 18.6 Å². The standard InChI is InChI=1S/C20H25NO5S/c1-26-20(23)16-9-6-15(7-10-16)8-11-19(22)21(17-4-2-3-5-17)18-12-13-27(24,25)14-18/h6-11,17-18H,2-5,12-14H2,1H3/b11-8+. The number of carbonyl (C=O) groups excluding carboxylic acids is 2. The Morgan fingerprint density at radius 3 is 2.30 bits per heavy atom. The Balaban J connectivity index is 1.74. The van der Waals surface area contributed by atoms with Gasteiger partial charge in [-0.25, -0.2) is 13.2 Å². The van der Waals surface area contributed by atoms with Crippen molar-refractivity contribution in [2.45, 2.75) is 44.2 Å². The first-order valence-corrected chi connectivity index (χ1v) is 11.1. The lowest BCUT2D eigenvalue weighted by atomic mass is 10.1. The Morgan fingerprint density at radius 1 is 1.07 bits per heavy atom. The van der Waals surface area contributed by atoms with Gasteiger partial charge in [-0.3, -0.25) is 4.79 Å². The maximum atomic E-state index is 12.9. The number of hydrogen-bond acceptors (Lipinski definition) is 5. The van der Waals surface area contributed by atoms with Crippen LogP contribution in [0.25, 0.3) is 6.08 Å². The van der Waals surface area contributed by atoms with Crippen molar-refractivity contribution < 1.29 is 22.7 Å². The molecule has 0 N–H and O–H groups in total. The SMILES string of the molecule is COC(=O)c1ccc(/C=C/C(=O)N(C2CCCC2)C2CCS(=O)(=O)C2)cc1. The molecule has 1 saturated heterocycles. The van der Waals surface area contributed by atoms with Gasteiger partial charge in [0.1, 0.15) is 0 Å². The van der Waals surface area contributed by atoms with Gasteiger partial charge in [0.15, 0.2) is 9.84 Å². The van der Waals surface area contributed by atoms with Gasteiger partial charge in [-0.15, -0.1) is 0 Å². The Hall–Kier alpha value is -2.15. The van der Waals surface area contributed by atoms with Gasteiger partial charge in [-0.2, -0.15) is 0 Å². The highest BCUT2D eigenvalue weighted by Gasteiger charge is 2.38. The molecule has 1 aromatic carbocycles. The summed E-state index contributed by atoms with van der Waals surface area (Å²) in [6.07, 6.45) is 7.75. The second kappa shape index (κ2) is 8.25. The van der Waals surface area contributed by atoms with E-state index in [-0.39, 0.29) is 29.5 Å². The lowest BCUT2D eigenvalue weighted by Gasteiger charge is -2.33. The molecule has 2 fully saturated rings. The second-order valence-corrected chi connectivity index (χ2v) is 9.42. The lowest BCUT2D eigenvalue weighted by molar-refractivity contribution is -0.130. The number of benzene rings is 1. The zero-order valence-corrected chi connectivity index (χ0v) is 16.3. The molecule has 1 unspecified atom stereocenters. The molecule has 2 aliphatic rings. The van der Waals surface area contributed by atoms with Crippen LogP contribution in [0.1, 0.15) is 48.0 Å². The van der Waals surface area contributed by atoms with E-state index in [2.05, 4.69) is 4.74 Å². The molecule has 1 aromatic rings. The first-order chi connectivity index (χ1) is 12.9. The summed E-state index contributed by atoms with van der Waals surface area (Å²) in [6, 6.07) is 6.69. The van der Waals surface area contributed by atoms with E-state index in [1.807, 2.05) is 0 Å².